The average Bonchev–Trinajstić information content (AvgIpc) is 2.91. The van der Waals surface area contributed by atoms with Crippen LogP contribution >= 0.6 is 11.3 Å². The Balaban J connectivity index is 2.22. The third kappa shape index (κ3) is 1.50. The minimum absolute atomic E-state index is 0.342. The maximum absolute atomic E-state index is 11.2. The summed E-state index contributed by atoms with van der Waals surface area (Å²) in [6.45, 7) is 2.07. The van der Waals surface area contributed by atoms with Crippen LogP contribution in [0, 0.1) is 0 Å². The fourth-order valence-electron chi connectivity index (χ4n) is 2.26. The van der Waals surface area contributed by atoms with Crippen molar-refractivity contribution in [2.24, 2.45) is 0 Å². The Bertz CT molecular complexity index is 598. The highest BCUT2D eigenvalue weighted by atomic mass is 32.1. The van der Waals surface area contributed by atoms with Gasteiger partial charge in [-0.2, -0.15) is 0 Å². The van der Waals surface area contributed by atoms with Crippen molar-refractivity contribution in [1.82, 2.24) is 9.97 Å². The number of carboxylic acid groups (broad SMARTS) is 1. The summed E-state index contributed by atoms with van der Waals surface area (Å²) in [5.41, 5.74) is 3.03. The number of aromatic carboxylic acids is 1. The number of nitrogens with one attached hydrogen (secondary N) is 1. The highest BCUT2D eigenvalue weighted by molar-refractivity contribution is 7.12. The molecule has 0 radical (unpaired) electrons. The molecule has 0 saturated heterocycles. The zero-order valence-corrected chi connectivity index (χ0v) is 10.2. The molecule has 0 atom stereocenters. The Labute approximate surface area is 102 Å². The number of hydrogen-bond donors (Lipinski definition) is 2. The van der Waals surface area contributed by atoms with Crippen LogP contribution in [0.2, 0.25) is 0 Å². The minimum Gasteiger partial charge on any atom is -0.478 e. The van der Waals surface area contributed by atoms with Gasteiger partial charge in [0.25, 0.3) is 0 Å². The number of aryl methyl sites for hydroxylation is 3. The van der Waals surface area contributed by atoms with Crippen molar-refractivity contribution in [3.63, 3.8) is 0 Å². The molecule has 0 aliphatic heterocycles. The molecule has 88 valence electrons. The van der Waals surface area contributed by atoms with Crippen molar-refractivity contribution in [2.45, 2.75) is 26.2 Å². The molecule has 17 heavy (non-hydrogen) atoms. The second kappa shape index (κ2) is 3.70. The molecule has 2 aromatic rings. The van der Waals surface area contributed by atoms with Crippen LogP contribution < -0.4 is 0 Å². The first-order chi connectivity index (χ1) is 8.20. The van der Waals surface area contributed by atoms with Crippen molar-refractivity contribution in [3.05, 3.63) is 27.3 Å². The van der Waals surface area contributed by atoms with Crippen LogP contribution in [0.4, 0.5) is 0 Å². The van der Waals surface area contributed by atoms with Gasteiger partial charge in [-0.15, -0.1) is 11.3 Å². The number of H-pyrrole nitrogens is 1. The lowest BCUT2D eigenvalue weighted by atomic mass is 9.97. The molecule has 0 amide bonds. The zero-order valence-electron chi connectivity index (χ0n) is 9.41. The number of aromatic nitrogens is 2. The third-order valence-electron chi connectivity index (χ3n) is 3.08. The number of aromatic amines is 1. The fraction of sp³-hybridized carbons (Fsp3) is 0.333. The van der Waals surface area contributed by atoms with Gasteiger partial charge in [-0.3, -0.25) is 0 Å². The molecule has 5 heteroatoms. The summed E-state index contributed by atoms with van der Waals surface area (Å²) in [5, 5.41) is 10.3. The highest BCUT2D eigenvalue weighted by Crippen LogP contribution is 2.38. The number of fused-ring (bicyclic) bond motifs is 3. The van der Waals surface area contributed by atoms with Crippen LogP contribution in [-0.2, 0) is 19.3 Å². The molecule has 0 spiro atoms. The smallest absolute Gasteiger partial charge is 0.337 e. The van der Waals surface area contributed by atoms with Gasteiger partial charge in [0.05, 0.1) is 16.3 Å². The van der Waals surface area contributed by atoms with E-state index in [1.54, 1.807) is 17.5 Å². The first kappa shape index (κ1) is 10.5. The fourth-order valence-corrected chi connectivity index (χ4v) is 3.27. The molecule has 0 saturated carbocycles. The molecule has 3 rings (SSSR count). The van der Waals surface area contributed by atoms with Crippen molar-refractivity contribution in [3.8, 4) is 11.3 Å². The lowest BCUT2D eigenvalue weighted by molar-refractivity contribution is 0.0698. The maximum atomic E-state index is 11.2. The number of hydrogen-bond acceptors (Lipinski definition) is 3. The SMILES string of the molecule is CCc1nc2c(s1)CCc1[nH]cc(C(=O)O)c1-2. The van der Waals surface area contributed by atoms with E-state index in [1.807, 2.05) is 0 Å². The molecule has 0 aromatic carbocycles. The molecule has 1 aliphatic rings. The summed E-state index contributed by atoms with van der Waals surface area (Å²) in [7, 11) is 0. The zero-order chi connectivity index (χ0) is 12.0. The Hall–Kier alpha value is -1.62. The molecule has 0 unspecified atom stereocenters. The summed E-state index contributed by atoms with van der Waals surface area (Å²) in [5.74, 6) is -0.888. The molecular weight excluding hydrogens is 236 g/mol. The highest BCUT2D eigenvalue weighted by Gasteiger charge is 2.27. The van der Waals surface area contributed by atoms with Gasteiger partial charge in [0.1, 0.15) is 0 Å². The summed E-state index contributed by atoms with van der Waals surface area (Å²) in [6.07, 6.45) is 4.31. The maximum Gasteiger partial charge on any atom is 0.337 e. The third-order valence-corrected chi connectivity index (χ3v) is 4.33. The molecule has 0 bridgehead atoms. The van der Waals surface area contributed by atoms with E-state index in [2.05, 4.69) is 16.9 Å². The van der Waals surface area contributed by atoms with Gasteiger partial charge in [0.15, 0.2) is 0 Å². The molecule has 2 aromatic heterocycles. The van der Waals surface area contributed by atoms with Gasteiger partial charge in [0, 0.05) is 22.3 Å². The van der Waals surface area contributed by atoms with E-state index in [1.165, 1.54) is 4.88 Å². The van der Waals surface area contributed by atoms with Crippen LogP contribution in [0.3, 0.4) is 0 Å². The number of nitrogens with zero attached hydrogens (tertiary/aromatic N) is 1. The normalized spacial score (nSPS) is 13.2. The van der Waals surface area contributed by atoms with Gasteiger partial charge in [-0.25, -0.2) is 9.78 Å². The van der Waals surface area contributed by atoms with Gasteiger partial charge < -0.3 is 10.1 Å². The Kier molecular flexibility index (Phi) is 2.29. The topological polar surface area (TPSA) is 66.0 Å². The monoisotopic (exact) mass is 248 g/mol. The predicted octanol–water partition coefficient (Wildman–Crippen LogP) is 2.50. The van der Waals surface area contributed by atoms with E-state index >= 15 is 0 Å². The van der Waals surface area contributed by atoms with E-state index in [0.717, 1.165) is 41.2 Å². The second-order valence-corrected chi connectivity index (χ2v) is 5.26. The standard InChI is InChI=1S/C12H12N2O2S/c1-2-9-14-11-8(17-9)4-3-7-10(11)6(5-13-7)12(15)16/h5,13H,2-4H2,1H3,(H,15,16). The molecule has 1 aliphatic carbocycles. The lowest BCUT2D eigenvalue weighted by Gasteiger charge is -2.11. The Morgan fingerprint density at radius 3 is 3.12 bits per heavy atom. The predicted molar refractivity (Wildman–Crippen MR) is 65.6 cm³/mol. The summed E-state index contributed by atoms with van der Waals surface area (Å²) >= 11 is 1.70. The Morgan fingerprint density at radius 2 is 2.41 bits per heavy atom. The van der Waals surface area contributed by atoms with Gasteiger partial charge in [-0.05, 0) is 19.3 Å². The van der Waals surface area contributed by atoms with Gasteiger partial charge >= 0.3 is 5.97 Å². The molecule has 2 N–H and O–H groups in total. The number of carboxylic acids is 1. The first-order valence-corrected chi connectivity index (χ1v) is 6.44. The molecular formula is C12H12N2O2S. The first-order valence-electron chi connectivity index (χ1n) is 5.63. The number of thiazole rings is 1. The van der Waals surface area contributed by atoms with Gasteiger partial charge in [0.2, 0.25) is 0 Å². The van der Waals surface area contributed by atoms with Crippen molar-refractivity contribution in [2.75, 3.05) is 0 Å². The second-order valence-electron chi connectivity index (χ2n) is 4.09. The average molecular weight is 248 g/mol. The van der Waals surface area contributed by atoms with E-state index < -0.39 is 5.97 Å². The minimum atomic E-state index is -0.888. The summed E-state index contributed by atoms with van der Waals surface area (Å²) < 4.78 is 0. The summed E-state index contributed by atoms with van der Waals surface area (Å²) in [6, 6.07) is 0. The summed E-state index contributed by atoms with van der Waals surface area (Å²) in [4.78, 5) is 20.0. The molecule has 2 heterocycles. The Morgan fingerprint density at radius 1 is 1.59 bits per heavy atom. The van der Waals surface area contributed by atoms with Crippen molar-refractivity contribution >= 4 is 17.3 Å². The van der Waals surface area contributed by atoms with Crippen LogP contribution in [0.1, 0.15) is 32.9 Å². The molecule has 0 fully saturated rings. The van der Waals surface area contributed by atoms with E-state index in [-0.39, 0.29) is 0 Å². The van der Waals surface area contributed by atoms with E-state index in [9.17, 15) is 9.90 Å². The van der Waals surface area contributed by atoms with Crippen LogP contribution in [0.5, 0.6) is 0 Å². The van der Waals surface area contributed by atoms with E-state index in [0.29, 0.717) is 5.56 Å². The number of rotatable bonds is 2. The van der Waals surface area contributed by atoms with Gasteiger partial charge in [-0.1, -0.05) is 6.92 Å². The van der Waals surface area contributed by atoms with Crippen LogP contribution in [0.25, 0.3) is 11.3 Å². The van der Waals surface area contributed by atoms with Crippen molar-refractivity contribution < 1.29 is 9.90 Å². The quantitative estimate of drug-likeness (QED) is 0.858. The van der Waals surface area contributed by atoms with Crippen molar-refractivity contribution in [1.29, 1.82) is 0 Å². The van der Waals surface area contributed by atoms with Crippen LogP contribution in [-0.4, -0.2) is 21.0 Å². The largest absolute Gasteiger partial charge is 0.478 e. The lowest BCUT2D eigenvalue weighted by Crippen LogP contribution is -2.04. The molecule has 4 nitrogen and oxygen atoms in total. The number of carbonyl (C=O) groups is 1. The van der Waals surface area contributed by atoms with E-state index in [4.69, 9.17) is 0 Å². The van der Waals surface area contributed by atoms with Crippen LogP contribution in [0.15, 0.2) is 6.20 Å².